The number of anilines is 2. The Morgan fingerprint density at radius 2 is 1.73 bits per heavy atom. The highest BCUT2D eigenvalue weighted by Crippen LogP contribution is 2.37. The molecule has 3 aromatic rings. The first kappa shape index (κ1) is 22.6. The molecule has 0 fully saturated rings. The van der Waals surface area contributed by atoms with E-state index in [4.69, 9.17) is 30.5 Å². The number of hydrogen-bond donors (Lipinski definition) is 2. The van der Waals surface area contributed by atoms with Gasteiger partial charge in [-0.05, 0) is 48.9 Å². The SMILES string of the molecule is COc1cc(CNc2ccc3c(c2)OCCO3)cc(Cl)c1OCC(=O)Nc1ccc(C)cc1. The van der Waals surface area contributed by atoms with E-state index in [0.29, 0.717) is 42.0 Å². The molecule has 33 heavy (non-hydrogen) atoms. The topological polar surface area (TPSA) is 78.1 Å². The lowest BCUT2D eigenvalue weighted by Crippen LogP contribution is -2.20. The van der Waals surface area contributed by atoms with Gasteiger partial charge in [-0.25, -0.2) is 0 Å². The molecule has 0 bridgehead atoms. The van der Waals surface area contributed by atoms with Crippen LogP contribution >= 0.6 is 11.6 Å². The Balaban J connectivity index is 1.38. The zero-order valence-corrected chi connectivity index (χ0v) is 19.2. The number of nitrogens with one attached hydrogen (secondary N) is 2. The average molecular weight is 469 g/mol. The van der Waals surface area contributed by atoms with Crippen molar-refractivity contribution >= 4 is 28.9 Å². The van der Waals surface area contributed by atoms with Gasteiger partial charge in [0.05, 0.1) is 12.1 Å². The first-order valence-corrected chi connectivity index (χ1v) is 10.9. The predicted octanol–water partition coefficient (Wildman–Crippen LogP) is 5.06. The van der Waals surface area contributed by atoms with Crippen LogP contribution in [0.3, 0.4) is 0 Å². The van der Waals surface area contributed by atoms with Crippen LogP contribution in [0.15, 0.2) is 54.6 Å². The molecule has 1 amide bonds. The molecule has 0 saturated carbocycles. The fourth-order valence-corrected chi connectivity index (χ4v) is 3.63. The lowest BCUT2D eigenvalue weighted by molar-refractivity contribution is -0.118. The van der Waals surface area contributed by atoms with Crippen molar-refractivity contribution in [3.05, 3.63) is 70.7 Å². The maximum Gasteiger partial charge on any atom is 0.262 e. The van der Waals surface area contributed by atoms with Crippen LogP contribution in [0.1, 0.15) is 11.1 Å². The number of methoxy groups -OCH3 is 1. The number of halogens is 1. The van der Waals surface area contributed by atoms with Gasteiger partial charge in [0, 0.05) is 24.0 Å². The monoisotopic (exact) mass is 468 g/mol. The van der Waals surface area contributed by atoms with Crippen molar-refractivity contribution in [3.63, 3.8) is 0 Å². The summed E-state index contributed by atoms with van der Waals surface area (Å²) in [6, 6.07) is 16.8. The van der Waals surface area contributed by atoms with E-state index < -0.39 is 0 Å². The average Bonchev–Trinajstić information content (AvgIpc) is 2.83. The first-order valence-electron chi connectivity index (χ1n) is 10.5. The van der Waals surface area contributed by atoms with E-state index >= 15 is 0 Å². The minimum Gasteiger partial charge on any atom is -0.493 e. The summed E-state index contributed by atoms with van der Waals surface area (Å²) in [5.74, 6) is 1.94. The number of fused-ring (bicyclic) bond motifs is 1. The van der Waals surface area contributed by atoms with Crippen molar-refractivity contribution in [2.24, 2.45) is 0 Å². The predicted molar refractivity (Wildman–Crippen MR) is 128 cm³/mol. The van der Waals surface area contributed by atoms with Crippen molar-refractivity contribution < 1.29 is 23.7 Å². The highest BCUT2D eigenvalue weighted by Gasteiger charge is 2.15. The Bertz CT molecular complexity index is 1130. The largest absolute Gasteiger partial charge is 0.493 e. The van der Waals surface area contributed by atoms with E-state index in [2.05, 4.69) is 10.6 Å². The Hall–Kier alpha value is -3.58. The first-order chi connectivity index (χ1) is 16.0. The molecular weight excluding hydrogens is 444 g/mol. The van der Waals surface area contributed by atoms with Crippen LogP contribution in [0, 0.1) is 6.92 Å². The van der Waals surface area contributed by atoms with E-state index in [1.165, 1.54) is 7.11 Å². The van der Waals surface area contributed by atoms with Gasteiger partial charge in [0.15, 0.2) is 29.6 Å². The van der Waals surface area contributed by atoms with E-state index in [-0.39, 0.29) is 12.5 Å². The molecule has 0 aliphatic carbocycles. The summed E-state index contributed by atoms with van der Waals surface area (Å²) in [7, 11) is 1.53. The van der Waals surface area contributed by atoms with Crippen molar-refractivity contribution in [1.82, 2.24) is 0 Å². The van der Waals surface area contributed by atoms with E-state index in [1.807, 2.05) is 55.5 Å². The fraction of sp³-hybridized carbons (Fsp3) is 0.240. The van der Waals surface area contributed by atoms with Crippen molar-refractivity contribution in [2.45, 2.75) is 13.5 Å². The van der Waals surface area contributed by atoms with Gasteiger partial charge >= 0.3 is 0 Å². The zero-order valence-electron chi connectivity index (χ0n) is 18.4. The molecule has 8 heteroatoms. The third kappa shape index (κ3) is 5.81. The molecule has 1 aliphatic rings. The summed E-state index contributed by atoms with van der Waals surface area (Å²) in [6.07, 6.45) is 0. The Labute approximate surface area is 197 Å². The smallest absolute Gasteiger partial charge is 0.262 e. The second kappa shape index (κ2) is 10.4. The zero-order chi connectivity index (χ0) is 23.2. The Morgan fingerprint density at radius 3 is 2.48 bits per heavy atom. The molecule has 1 heterocycles. The Morgan fingerprint density at radius 1 is 1.00 bits per heavy atom. The lowest BCUT2D eigenvalue weighted by Gasteiger charge is -2.19. The number of benzene rings is 3. The molecule has 0 unspecified atom stereocenters. The fourth-order valence-electron chi connectivity index (χ4n) is 3.34. The van der Waals surface area contributed by atoms with Crippen LogP contribution in [-0.4, -0.2) is 32.8 Å². The van der Waals surface area contributed by atoms with Gasteiger partial charge in [0.25, 0.3) is 5.91 Å². The quantitative estimate of drug-likeness (QED) is 0.481. The summed E-state index contributed by atoms with van der Waals surface area (Å²) in [5.41, 5.74) is 3.60. The summed E-state index contributed by atoms with van der Waals surface area (Å²) >= 11 is 6.45. The summed E-state index contributed by atoms with van der Waals surface area (Å²) in [6.45, 7) is 3.38. The molecule has 1 aliphatic heterocycles. The number of rotatable bonds is 8. The van der Waals surface area contributed by atoms with Crippen LogP contribution in [0.5, 0.6) is 23.0 Å². The minimum atomic E-state index is -0.290. The normalized spacial score (nSPS) is 12.1. The second-order valence-electron chi connectivity index (χ2n) is 7.52. The van der Waals surface area contributed by atoms with Crippen molar-refractivity contribution in [3.8, 4) is 23.0 Å². The lowest BCUT2D eigenvalue weighted by atomic mass is 10.2. The summed E-state index contributed by atoms with van der Waals surface area (Å²) in [5, 5.41) is 6.48. The van der Waals surface area contributed by atoms with Crippen molar-refractivity contribution in [1.29, 1.82) is 0 Å². The van der Waals surface area contributed by atoms with E-state index in [0.717, 1.165) is 28.3 Å². The van der Waals surface area contributed by atoms with E-state index in [9.17, 15) is 4.79 Å². The number of aryl methyl sites for hydroxylation is 1. The third-order valence-electron chi connectivity index (χ3n) is 5.01. The number of ether oxygens (including phenoxy) is 4. The van der Waals surface area contributed by atoms with E-state index in [1.54, 1.807) is 6.07 Å². The molecule has 3 aromatic carbocycles. The molecule has 0 radical (unpaired) electrons. The molecule has 0 aromatic heterocycles. The maximum absolute atomic E-state index is 12.3. The van der Waals surface area contributed by atoms with Crippen molar-refractivity contribution in [2.75, 3.05) is 37.6 Å². The number of carbonyl (C=O) groups excluding carboxylic acids is 1. The molecular formula is C25H25ClN2O5. The molecule has 4 rings (SSSR count). The summed E-state index contributed by atoms with van der Waals surface area (Å²) in [4.78, 5) is 12.3. The maximum atomic E-state index is 12.3. The molecule has 172 valence electrons. The van der Waals surface area contributed by atoms with Crippen LogP contribution in [0.2, 0.25) is 5.02 Å². The van der Waals surface area contributed by atoms with Crippen LogP contribution in [0.25, 0.3) is 0 Å². The van der Waals surface area contributed by atoms with Gasteiger partial charge in [0.1, 0.15) is 13.2 Å². The van der Waals surface area contributed by atoms with Gasteiger partial charge in [-0.3, -0.25) is 4.79 Å². The minimum absolute atomic E-state index is 0.196. The summed E-state index contributed by atoms with van der Waals surface area (Å²) < 4.78 is 22.3. The van der Waals surface area contributed by atoms with Gasteiger partial charge in [-0.1, -0.05) is 29.3 Å². The van der Waals surface area contributed by atoms with Gasteiger partial charge < -0.3 is 29.6 Å². The molecule has 7 nitrogen and oxygen atoms in total. The molecule has 0 spiro atoms. The number of hydrogen-bond acceptors (Lipinski definition) is 6. The number of amides is 1. The second-order valence-corrected chi connectivity index (χ2v) is 7.93. The standard InChI is InChI=1S/C25H25ClN2O5/c1-16-3-5-18(6-4-16)28-24(29)15-33-25-20(26)11-17(12-23(25)30-2)14-27-19-7-8-21-22(13-19)32-10-9-31-21/h3-8,11-13,27H,9-10,14-15H2,1-2H3,(H,28,29). The molecule has 2 N–H and O–H groups in total. The highest BCUT2D eigenvalue weighted by atomic mass is 35.5. The van der Waals surface area contributed by atoms with Crippen LogP contribution in [0.4, 0.5) is 11.4 Å². The highest BCUT2D eigenvalue weighted by molar-refractivity contribution is 6.32. The third-order valence-corrected chi connectivity index (χ3v) is 5.29. The van der Waals surface area contributed by atoms with Crippen LogP contribution < -0.4 is 29.6 Å². The van der Waals surface area contributed by atoms with Crippen LogP contribution in [-0.2, 0) is 11.3 Å². The van der Waals surface area contributed by atoms with Gasteiger partial charge in [0.2, 0.25) is 0 Å². The number of carbonyl (C=O) groups is 1. The molecule has 0 saturated heterocycles. The molecule has 0 atom stereocenters. The Kier molecular flexibility index (Phi) is 7.10. The van der Waals surface area contributed by atoms with Gasteiger partial charge in [-0.2, -0.15) is 0 Å². The van der Waals surface area contributed by atoms with Gasteiger partial charge in [-0.15, -0.1) is 0 Å².